The molecule has 3 N–H and O–H groups in total. The fraction of sp³-hybridized carbons (Fsp3) is 0.0833. The van der Waals surface area contributed by atoms with Crippen molar-refractivity contribution in [1.29, 1.82) is 0 Å². The number of anilines is 1. The molecule has 110 valence electrons. The van der Waals surface area contributed by atoms with Gasteiger partial charge in [-0.05, 0) is 18.2 Å². The Labute approximate surface area is 123 Å². The van der Waals surface area contributed by atoms with Crippen molar-refractivity contribution in [2.45, 2.75) is 0 Å². The SMILES string of the molecule is COc1c(N)nc(-c2ccc(Cl)c(F)c2)nc1OC(=O)O. The van der Waals surface area contributed by atoms with E-state index < -0.39 is 12.0 Å². The van der Waals surface area contributed by atoms with Gasteiger partial charge in [-0.1, -0.05) is 11.6 Å². The first kappa shape index (κ1) is 14.8. The van der Waals surface area contributed by atoms with Crippen molar-refractivity contribution in [3.8, 4) is 23.0 Å². The van der Waals surface area contributed by atoms with Gasteiger partial charge >= 0.3 is 6.16 Å². The number of methoxy groups -OCH3 is 1. The molecule has 0 amide bonds. The second kappa shape index (κ2) is 5.80. The monoisotopic (exact) mass is 313 g/mol. The molecule has 7 nitrogen and oxygen atoms in total. The minimum Gasteiger partial charge on any atom is -0.489 e. The first-order chi connectivity index (χ1) is 9.92. The third-order valence-corrected chi connectivity index (χ3v) is 2.73. The van der Waals surface area contributed by atoms with E-state index in [2.05, 4.69) is 14.7 Å². The number of rotatable bonds is 3. The quantitative estimate of drug-likeness (QED) is 0.838. The zero-order valence-electron chi connectivity index (χ0n) is 10.6. The van der Waals surface area contributed by atoms with Gasteiger partial charge in [0.05, 0.1) is 12.1 Å². The number of nitrogens with two attached hydrogens (primary N) is 1. The van der Waals surface area contributed by atoms with Gasteiger partial charge in [-0.15, -0.1) is 0 Å². The average Bonchev–Trinajstić information content (AvgIpc) is 2.41. The third-order valence-electron chi connectivity index (χ3n) is 2.43. The average molecular weight is 314 g/mol. The van der Waals surface area contributed by atoms with Crippen LogP contribution in [0.25, 0.3) is 11.4 Å². The minimum absolute atomic E-state index is 0.0277. The summed E-state index contributed by atoms with van der Waals surface area (Å²) < 4.78 is 22.8. The van der Waals surface area contributed by atoms with Crippen LogP contribution in [-0.4, -0.2) is 28.3 Å². The summed E-state index contributed by atoms with van der Waals surface area (Å²) in [6, 6.07) is 3.86. The number of ether oxygens (including phenoxy) is 2. The molecule has 0 radical (unpaired) electrons. The predicted octanol–water partition coefficient (Wildman–Crippen LogP) is 2.58. The van der Waals surface area contributed by atoms with Crippen LogP contribution < -0.4 is 15.2 Å². The Hall–Kier alpha value is -2.61. The van der Waals surface area contributed by atoms with E-state index in [-0.39, 0.29) is 33.9 Å². The van der Waals surface area contributed by atoms with E-state index in [9.17, 15) is 9.18 Å². The van der Waals surface area contributed by atoms with Crippen LogP contribution in [-0.2, 0) is 0 Å². The molecule has 1 heterocycles. The largest absolute Gasteiger partial charge is 0.512 e. The zero-order valence-corrected chi connectivity index (χ0v) is 11.4. The second-order valence-electron chi connectivity index (χ2n) is 3.77. The summed E-state index contributed by atoms with van der Waals surface area (Å²) in [5, 5.41) is 8.60. The van der Waals surface area contributed by atoms with Crippen molar-refractivity contribution < 1.29 is 23.8 Å². The summed E-state index contributed by atoms with van der Waals surface area (Å²) in [6.45, 7) is 0. The molecule has 2 rings (SSSR count). The molecule has 0 spiro atoms. The highest BCUT2D eigenvalue weighted by Crippen LogP contribution is 2.33. The van der Waals surface area contributed by atoms with Crippen LogP contribution in [0.3, 0.4) is 0 Å². The maximum atomic E-state index is 13.5. The molecular formula is C12H9ClFN3O4. The van der Waals surface area contributed by atoms with Crippen LogP contribution in [0, 0.1) is 5.82 Å². The third kappa shape index (κ3) is 3.11. The zero-order chi connectivity index (χ0) is 15.6. The van der Waals surface area contributed by atoms with Gasteiger partial charge in [-0.3, -0.25) is 0 Å². The van der Waals surface area contributed by atoms with Crippen molar-refractivity contribution in [1.82, 2.24) is 9.97 Å². The standard InChI is InChI=1S/C12H9ClFN3O4/c1-20-8-9(15)16-10(17-11(8)21-12(18)19)5-2-3-6(13)7(14)4-5/h2-4H,1H3,(H,18,19)(H2,15,16,17). The summed E-state index contributed by atoms with van der Waals surface area (Å²) >= 11 is 5.58. The Kier molecular flexibility index (Phi) is 4.08. The Morgan fingerprint density at radius 3 is 2.71 bits per heavy atom. The van der Waals surface area contributed by atoms with Crippen molar-refractivity contribution in [3.63, 3.8) is 0 Å². The maximum absolute atomic E-state index is 13.5. The summed E-state index contributed by atoms with van der Waals surface area (Å²) in [7, 11) is 1.26. The Balaban J connectivity index is 2.56. The van der Waals surface area contributed by atoms with Crippen molar-refractivity contribution in [3.05, 3.63) is 29.0 Å². The van der Waals surface area contributed by atoms with Gasteiger partial charge in [-0.2, -0.15) is 4.98 Å². The number of nitrogens with zero attached hydrogens (tertiary/aromatic N) is 2. The van der Waals surface area contributed by atoms with Crippen LogP contribution in [0.5, 0.6) is 11.6 Å². The molecule has 1 aromatic carbocycles. The molecule has 0 aliphatic heterocycles. The van der Waals surface area contributed by atoms with Gasteiger partial charge in [-0.25, -0.2) is 14.2 Å². The van der Waals surface area contributed by atoms with Crippen LogP contribution in [0.1, 0.15) is 0 Å². The number of aromatic nitrogens is 2. The van der Waals surface area contributed by atoms with Crippen LogP contribution in [0.15, 0.2) is 18.2 Å². The van der Waals surface area contributed by atoms with Crippen LogP contribution in [0.2, 0.25) is 5.02 Å². The highest BCUT2D eigenvalue weighted by Gasteiger charge is 2.18. The molecule has 21 heavy (non-hydrogen) atoms. The van der Waals surface area contributed by atoms with E-state index in [1.54, 1.807) is 0 Å². The lowest BCUT2D eigenvalue weighted by atomic mass is 10.2. The van der Waals surface area contributed by atoms with Crippen LogP contribution >= 0.6 is 11.6 Å². The summed E-state index contributed by atoms with van der Waals surface area (Å²) in [4.78, 5) is 18.4. The second-order valence-corrected chi connectivity index (χ2v) is 4.17. The highest BCUT2D eigenvalue weighted by atomic mass is 35.5. The lowest BCUT2D eigenvalue weighted by Gasteiger charge is -2.10. The molecule has 0 aliphatic rings. The fourth-order valence-corrected chi connectivity index (χ4v) is 1.67. The minimum atomic E-state index is -1.60. The van der Waals surface area contributed by atoms with Gasteiger partial charge in [0.25, 0.3) is 5.88 Å². The van der Waals surface area contributed by atoms with Crippen molar-refractivity contribution in [2.75, 3.05) is 12.8 Å². The number of hydrogen-bond acceptors (Lipinski definition) is 6. The number of carboxylic acid groups (broad SMARTS) is 1. The number of halogens is 2. The number of benzene rings is 1. The first-order valence-corrected chi connectivity index (χ1v) is 5.88. The molecule has 0 unspecified atom stereocenters. The smallest absolute Gasteiger partial charge is 0.489 e. The van der Waals surface area contributed by atoms with Gasteiger partial charge < -0.3 is 20.3 Å². The molecular weight excluding hydrogens is 305 g/mol. The van der Waals surface area contributed by atoms with Gasteiger partial charge in [0.2, 0.25) is 5.75 Å². The van der Waals surface area contributed by atoms with E-state index in [1.165, 1.54) is 19.2 Å². The summed E-state index contributed by atoms with van der Waals surface area (Å²) in [5.74, 6) is -1.36. The van der Waals surface area contributed by atoms with Gasteiger partial charge in [0, 0.05) is 5.56 Å². The lowest BCUT2D eigenvalue weighted by molar-refractivity contribution is 0.140. The fourth-order valence-electron chi connectivity index (χ4n) is 1.55. The number of nitrogen functional groups attached to an aromatic ring is 1. The van der Waals surface area contributed by atoms with E-state index in [0.717, 1.165) is 6.07 Å². The molecule has 2 aromatic rings. The predicted molar refractivity (Wildman–Crippen MR) is 72.1 cm³/mol. The van der Waals surface area contributed by atoms with E-state index in [1.807, 2.05) is 0 Å². The Morgan fingerprint density at radius 2 is 2.14 bits per heavy atom. The van der Waals surface area contributed by atoms with Gasteiger partial charge in [0.1, 0.15) is 5.82 Å². The van der Waals surface area contributed by atoms with Crippen LogP contribution in [0.4, 0.5) is 15.0 Å². The highest BCUT2D eigenvalue weighted by molar-refractivity contribution is 6.30. The normalized spacial score (nSPS) is 10.2. The molecule has 0 fully saturated rings. The Morgan fingerprint density at radius 1 is 1.43 bits per heavy atom. The number of hydrogen-bond donors (Lipinski definition) is 2. The molecule has 1 aromatic heterocycles. The first-order valence-electron chi connectivity index (χ1n) is 5.50. The molecule has 0 saturated heterocycles. The summed E-state index contributed by atoms with van der Waals surface area (Å²) in [6.07, 6.45) is -1.60. The molecule has 0 saturated carbocycles. The summed E-state index contributed by atoms with van der Waals surface area (Å²) in [5.41, 5.74) is 5.90. The van der Waals surface area contributed by atoms with E-state index in [4.69, 9.17) is 27.2 Å². The Bertz CT molecular complexity index is 711. The van der Waals surface area contributed by atoms with Gasteiger partial charge in [0.15, 0.2) is 11.6 Å². The molecule has 9 heteroatoms. The topological polar surface area (TPSA) is 108 Å². The molecule has 0 bridgehead atoms. The molecule has 0 atom stereocenters. The van der Waals surface area contributed by atoms with Crippen molar-refractivity contribution in [2.24, 2.45) is 0 Å². The maximum Gasteiger partial charge on any atom is 0.512 e. The van der Waals surface area contributed by atoms with E-state index >= 15 is 0 Å². The lowest BCUT2D eigenvalue weighted by Crippen LogP contribution is -2.09. The number of carbonyl (C=O) groups is 1. The molecule has 0 aliphatic carbocycles. The van der Waals surface area contributed by atoms with Crippen molar-refractivity contribution >= 4 is 23.6 Å². The van der Waals surface area contributed by atoms with E-state index in [0.29, 0.717) is 0 Å².